The molecule has 1 aromatic rings. The largest absolute Gasteiger partial charge is 0.491 e. The molecule has 1 rings (SSSR count). The van der Waals surface area contributed by atoms with Crippen LogP contribution in [0.3, 0.4) is 0 Å². The van der Waals surface area contributed by atoms with Crippen LogP contribution in [0.1, 0.15) is 38.3 Å². The molecule has 4 heteroatoms. The maximum absolute atomic E-state index is 5.76. The lowest BCUT2D eigenvalue weighted by atomic mass is 9.94. The van der Waals surface area contributed by atoms with Crippen molar-refractivity contribution in [2.75, 3.05) is 20.3 Å². The Labute approximate surface area is 116 Å². The number of para-hydroxylation sites is 1. The van der Waals surface area contributed by atoms with Gasteiger partial charge in [0, 0.05) is 18.7 Å². The molecule has 0 heterocycles. The number of rotatable bonds is 9. The highest BCUT2D eigenvalue weighted by atomic mass is 16.5. The van der Waals surface area contributed by atoms with Crippen LogP contribution in [0.15, 0.2) is 24.3 Å². The number of benzene rings is 1. The predicted octanol–water partition coefficient (Wildman–Crippen LogP) is 2.65. The highest BCUT2D eigenvalue weighted by molar-refractivity contribution is 5.35. The quantitative estimate of drug-likeness (QED) is 0.410. The third-order valence-electron chi connectivity index (χ3n) is 3.38. The summed E-state index contributed by atoms with van der Waals surface area (Å²) in [5.74, 6) is 7.20. The fourth-order valence-corrected chi connectivity index (χ4v) is 1.99. The number of nitrogens with one attached hydrogen (secondary N) is 1. The zero-order chi connectivity index (χ0) is 14.1. The van der Waals surface area contributed by atoms with Crippen molar-refractivity contribution in [2.24, 2.45) is 11.8 Å². The van der Waals surface area contributed by atoms with E-state index in [1.54, 1.807) is 7.11 Å². The smallest absolute Gasteiger partial charge is 0.124 e. The molecule has 1 aromatic carbocycles. The molecule has 0 bridgehead atoms. The Bertz CT molecular complexity index is 358. The molecule has 19 heavy (non-hydrogen) atoms. The molecule has 3 N–H and O–H groups in total. The minimum atomic E-state index is 0.119. The average molecular weight is 266 g/mol. The monoisotopic (exact) mass is 266 g/mol. The van der Waals surface area contributed by atoms with Gasteiger partial charge in [0.2, 0.25) is 0 Å². The third kappa shape index (κ3) is 5.19. The highest BCUT2D eigenvalue weighted by Crippen LogP contribution is 2.29. The number of hydrazine groups is 1. The van der Waals surface area contributed by atoms with Gasteiger partial charge in [-0.2, -0.15) is 0 Å². The molecule has 0 radical (unpaired) electrons. The molecule has 2 atom stereocenters. The van der Waals surface area contributed by atoms with Crippen molar-refractivity contribution in [2.45, 2.75) is 32.7 Å². The molecule has 0 aromatic heterocycles. The van der Waals surface area contributed by atoms with Crippen molar-refractivity contribution in [1.82, 2.24) is 5.43 Å². The van der Waals surface area contributed by atoms with E-state index >= 15 is 0 Å². The number of methoxy groups -OCH3 is 1. The second-order valence-electron chi connectivity index (χ2n) is 4.85. The van der Waals surface area contributed by atoms with Gasteiger partial charge in [0.05, 0.1) is 6.61 Å². The number of ether oxygens (including phenoxy) is 2. The first-order chi connectivity index (χ1) is 9.22. The van der Waals surface area contributed by atoms with Crippen LogP contribution in [0.2, 0.25) is 0 Å². The van der Waals surface area contributed by atoms with E-state index in [1.165, 1.54) is 0 Å². The summed E-state index contributed by atoms with van der Waals surface area (Å²) in [6, 6.07) is 8.15. The molecule has 0 saturated heterocycles. The van der Waals surface area contributed by atoms with Crippen LogP contribution in [-0.4, -0.2) is 20.3 Å². The van der Waals surface area contributed by atoms with E-state index in [0.717, 1.165) is 24.2 Å². The van der Waals surface area contributed by atoms with Crippen LogP contribution in [0.4, 0.5) is 0 Å². The molecular weight excluding hydrogens is 240 g/mol. The summed E-state index contributed by atoms with van der Waals surface area (Å²) in [6.07, 6.45) is 2.14. The van der Waals surface area contributed by atoms with Gasteiger partial charge in [0.25, 0.3) is 0 Å². The van der Waals surface area contributed by atoms with E-state index in [2.05, 4.69) is 25.3 Å². The van der Waals surface area contributed by atoms with Crippen molar-refractivity contribution in [3.05, 3.63) is 29.8 Å². The van der Waals surface area contributed by atoms with E-state index in [1.807, 2.05) is 18.2 Å². The minimum Gasteiger partial charge on any atom is -0.491 e. The summed E-state index contributed by atoms with van der Waals surface area (Å²) in [5.41, 5.74) is 4.02. The molecule has 0 aliphatic heterocycles. The molecule has 4 nitrogen and oxygen atoms in total. The molecule has 0 spiro atoms. The van der Waals surface area contributed by atoms with Crippen LogP contribution in [0.25, 0.3) is 0 Å². The maximum atomic E-state index is 5.76. The van der Waals surface area contributed by atoms with E-state index in [9.17, 15) is 0 Å². The van der Waals surface area contributed by atoms with Gasteiger partial charge < -0.3 is 9.47 Å². The lowest BCUT2D eigenvalue weighted by Crippen LogP contribution is -2.29. The Morgan fingerprint density at radius 3 is 2.63 bits per heavy atom. The fraction of sp³-hybridized carbons (Fsp3) is 0.600. The first kappa shape index (κ1) is 16.0. The zero-order valence-corrected chi connectivity index (χ0v) is 12.2. The predicted molar refractivity (Wildman–Crippen MR) is 77.9 cm³/mol. The van der Waals surface area contributed by atoms with Crippen LogP contribution in [-0.2, 0) is 4.74 Å². The Balaban J connectivity index is 2.77. The van der Waals surface area contributed by atoms with Gasteiger partial charge in [0.15, 0.2) is 0 Å². The summed E-state index contributed by atoms with van der Waals surface area (Å²) < 4.78 is 10.8. The van der Waals surface area contributed by atoms with Gasteiger partial charge in [-0.05, 0) is 18.4 Å². The van der Waals surface area contributed by atoms with Crippen molar-refractivity contribution < 1.29 is 9.47 Å². The summed E-state index contributed by atoms with van der Waals surface area (Å²) in [5, 5.41) is 0. The van der Waals surface area contributed by atoms with Crippen molar-refractivity contribution in [3.63, 3.8) is 0 Å². The highest BCUT2D eigenvalue weighted by Gasteiger charge is 2.17. The molecule has 108 valence electrons. The van der Waals surface area contributed by atoms with E-state index in [4.69, 9.17) is 15.3 Å². The van der Waals surface area contributed by atoms with Crippen molar-refractivity contribution >= 4 is 0 Å². The third-order valence-corrected chi connectivity index (χ3v) is 3.38. The lowest BCUT2D eigenvalue weighted by molar-refractivity contribution is 0.145. The number of nitrogens with two attached hydrogens (primary N) is 1. The topological polar surface area (TPSA) is 56.5 Å². The molecule has 0 fully saturated rings. The van der Waals surface area contributed by atoms with Gasteiger partial charge in [-0.1, -0.05) is 38.5 Å². The normalized spacial score (nSPS) is 14.1. The molecular formula is C15H26N2O2. The van der Waals surface area contributed by atoms with Crippen molar-refractivity contribution in [3.8, 4) is 5.75 Å². The number of hydrogen-bond donors (Lipinski definition) is 2. The van der Waals surface area contributed by atoms with Gasteiger partial charge in [-0.3, -0.25) is 11.3 Å². The standard InChI is InChI=1S/C15H26N2O2/c1-4-12(2)11-14(17-16)13-7-5-6-8-15(13)19-10-9-18-3/h5-8,12,14,17H,4,9-11,16H2,1-3H3. The second-order valence-corrected chi connectivity index (χ2v) is 4.85. The van der Waals surface area contributed by atoms with Gasteiger partial charge >= 0.3 is 0 Å². The second kappa shape index (κ2) is 8.91. The zero-order valence-electron chi connectivity index (χ0n) is 12.2. The molecule has 0 amide bonds. The Morgan fingerprint density at radius 1 is 1.26 bits per heavy atom. The SMILES string of the molecule is CCC(C)CC(NN)c1ccccc1OCCOC. The van der Waals surface area contributed by atoms with Gasteiger partial charge in [0.1, 0.15) is 12.4 Å². The molecule has 0 aliphatic carbocycles. The van der Waals surface area contributed by atoms with Gasteiger partial charge in [-0.15, -0.1) is 0 Å². The van der Waals surface area contributed by atoms with Crippen LogP contribution in [0, 0.1) is 5.92 Å². The van der Waals surface area contributed by atoms with E-state index in [-0.39, 0.29) is 6.04 Å². The van der Waals surface area contributed by atoms with Gasteiger partial charge in [-0.25, -0.2) is 0 Å². The average Bonchev–Trinajstić information content (AvgIpc) is 2.45. The van der Waals surface area contributed by atoms with E-state index in [0.29, 0.717) is 19.1 Å². The van der Waals surface area contributed by atoms with E-state index < -0.39 is 0 Å². The molecule has 2 unspecified atom stereocenters. The maximum Gasteiger partial charge on any atom is 0.124 e. The van der Waals surface area contributed by atoms with Crippen LogP contribution < -0.4 is 16.0 Å². The summed E-state index contributed by atoms with van der Waals surface area (Å²) in [6.45, 7) is 5.56. The first-order valence-corrected chi connectivity index (χ1v) is 6.89. The Kier molecular flexibility index (Phi) is 7.48. The van der Waals surface area contributed by atoms with Crippen LogP contribution >= 0.6 is 0 Å². The number of hydrogen-bond acceptors (Lipinski definition) is 4. The summed E-state index contributed by atoms with van der Waals surface area (Å²) in [7, 11) is 1.67. The van der Waals surface area contributed by atoms with Crippen molar-refractivity contribution in [1.29, 1.82) is 0 Å². The Morgan fingerprint density at radius 2 is 2.00 bits per heavy atom. The fourth-order valence-electron chi connectivity index (χ4n) is 1.99. The molecule has 0 aliphatic rings. The molecule has 0 saturated carbocycles. The summed E-state index contributed by atoms with van der Waals surface area (Å²) >= 11 is 0. The summed E-state index contributed by atoms with van der Waals surface area (Å²) in [4.78, 5) is 0. The Hall–Kier alpha value is -1.10. The first-order valence-electron chi connectivity index (χ1n) is 6.89. The van der Waals surface area contributed by atoms with Crippen LogP contribution in [0.5, 0.6) is 5.75 Å². The lowest BCUT2D eigenvalue weighted by Gasteiger charge is -2.22. The minimum absolute atomic E-state index is 0.119.